The first-order valence-corrected chi connectivity index (χ1v) is 7.12. The van der Waals surface area contributed by atoms with Gasteiger partial charge in [-0.05, 0) is 30.5 Å². The highest BCUT2D eigenvalue weighted by atomic mass is 16.5. The Morgan fingerprint density at radius 2 is 1.91 bits per heavy atom. The van der Waals surface area contributed by atoms with Crippen LogP contribution in [0.5, 0.6) is 11.5 Å². The van der Waals surface area contributed by atoms with Gasteiger partial charge in [0.25, 0.3) is 0 Å². The summed E-state index contributed by atoms with van der Waals surface area (Å²) in [4.78, 5) is 23.3. The Bertz CT molecular complexity index is 539. The SMILES string of the molecule is COC(=O)CCC(C)(C)C(=O)NCCc1ccc(O)c(O)c1. The summed E-state index contributed by atoms with van der Waals surface area (Å²) in [6, 6.07) is 4.56. The maximum atomic E-state index is 12.1. The zero-order valence-electron chi connectivity index (χ0n) is 13.2. The highest BCUT2D eigenvalue weighted by Gasteiger charge is 2.28. The smallest absolute Gasteiger partial charge is 0.305 e. The van der Waals surface area contributed by atoms with Crippen molar-refractivity contribution in [3.8, 4) is 11.5 Å². The van der Waals surface area contributed by atoms with Crippen LogP contribution < -0.4 is 5.32 Å². The third kappa shape index (κ3) is 5.27. The molecule has 0 aromatic heterocycles. The van der Waals surface area contributed by atoms with Crippen LogP contribution in [0.25, 0.3) is 0 Å². The minimum Gasteiger partial charge on any atom is -0.504 e. The fraction of sp³-hybridized carbons (Fsp3) is 0.500. The minimum absolute atomic E-state index is 0.139. The molecule has 0 aliphatic carbocycles. The quantitative estimate of drug-likeness (QED) is 0.526. The minimum atomic E-state index is -0.661. The molecular formula is C16H23NO5. The first-order valence-electron chi connectivity index (χ1n) is 7.12. The molecule has 6 nitrogen and oxygen atoms in total. The molecule has 1 aromatic carbocycles. The van der Waals surface area contributed by atoms with Crippen molar-refractivity contribution in [2.45, 2.75) is 33.1 Å². The van der Waals surface area contributed by atoms with Crippen molar-refractivity contribution in [1.29, 1.82) is 0 Å². The van der Waals surface area contributed by atoms with E-state index in [9.17, 15) is 19.8 Å². The van der Waals surface area contributed by atoms with Crippen molar-refractivity contribution in [3.63, 3.8) is 0 Å². The van der Waals surface area contributed by atoms with Crippen molar-refractivity contribution >= 4 is 11.9 Å². The van der Waals surface area contributed by atoms with Crippen LogP contribution >= 0.6 is 0 Å². The van der Waals surface area contributed by atoms with Gasteiger partial charge in [0.15, 0.2) is 11.5 Å². The lowest BCUT2D eigenvalue weighted by Gasteiger charge is -2.23. The van der Waals surface area contributed by atoms with Crippen molar-refractivity contribution in [2.24, 2.45) is 5.41 Å². The number of rotatable bonds is 7. The molecule has 122 valence electrons. The molecule has 6 heteroatoms. The number of esters is 1. The van der Waals surface area contributed by atoms with Gasteiger partial charge in [0.05, 0.1) is 7.11 Å². The molecule has 1 rings (SSSR count). The second-order valence-corrected chi connectivity index (χ2v) is 5.79. The average Bonchev–Trinajstić information content (AvgIpc) is 2.48. The van der Waals surface area contributed by atoms with E-state index in [-0.39, 0.29) is 29.8 Å². The summed E-state index contributed by atoms with van der Waals surface area (Å²) in [5.74, 6) is -0.821. The molecule has 0 unspecified atom stereocenters. The molecule has 1 aromatic rings. The van der Waals surface area contributed by atoms with Gasteiger partial charge in [0, 0.05) is 18.4 Å². The fourth-order valence-corrected chi connectivity index (χ4v) is 1.91. The molecule has 0 bridgehead atoms. The number of hydrogen-bond donors (Lipinski definition) is 3. The topological polar surface area (TPSA) is 95.9 Å². The van der Waals surface area contributed by atoms with Gasteiger partial charge in [0.1, 0.15) is 0 Å². The number of phenolic OH excluding ortho intramolecular Hbond substituents is 2. The molecule has 0 heterocycles. The number of carbonyl (C=O) groups is 2. The van der Waals surface area contributed by atoms with Gasteiger partial charge in [-0.15, -0.1) is 0 Å². The molecule has 0 saturated heterocycles. The van der Waals surface area contributed by atoms with E-state index in [1.54, 1.807) is 19.9 Å². The number of ether oxygens (including phenoxy) is 1. The molecule has 0 spiro atoms. The molecule has 1 amide bonds. The molecular weight excluding hydrogens is 286 g/mol. The Morgan fingerprint density at radius 3 is 2.50 bits per heavy atom. The predicted molar refractivity (Wildman–Crippen MR) is 81.5 cm³/mol. The van der Waals surface area contributed by atoms with Gasteiger partial charge in [-0.2, -0.15) is 0 Å². The normalized spacial score (nSPS) is 11.0. The summed E-state index contributed by atoms with van der Waals surface area (Å²) in [5, 5.41) is 21.4. The van der Waals surface area contributed by atoms with E-state index in [4.69, 9.17) is 0 Å². The summed E-state index contributed by atoms with van der Waals surface area (Å²) in [5.41, 5.74) is 0.147. The maximum Gasteiger partial charge on any atom is 0.305 e. The molecule has 3 N–H and O–H groups in total. The van der Waals surface area contributed by atoms with Crippen LogP contribution in [0.2, 0.25) is 0 Å². The van der Waals surface area contributed by atoms with E-state index in [2.05, 4.69) is 10.1 Å². The van der Waals surface area contributed by atoms with E-state index in [0.717, 1.165) is 5.56 Å². The molecule has 22 heavy (non-hydrogen) atoms. The monoisotopic (exact) mass is 309 g/mol. The third-order valence-electron chi connectivity index (χ3n) is 3.54. The number of hydrogen-bond acceptors (Lipinski definition) is 5. The second kappa shape index (κ2) is 7.68. The van der Waals surface area contributed by atoms with E-state index in [0.29, 0.717) is 19.4 Å². The van der Waals surface area contributed by atoms with Crippen LogP contribution in [-0.2, 0) is 20.7 Å². The van der Waals surface area contributed by atoms with Gasteiger partial charge in [-0.25, -0.2) is 0 Å². The molecule has 0 aliphatic heterocycles. The predicted octanol–water partition coefficient (Wildman–Crippen LogP) is 1.74. The Labute approximate surface area is 130 Å². The number of aromatic hydroxyl groups is 2. The standard InChI is InChI=1S/C16H23NO5/c1-16(2,8-6-14(20)22-3)15(21)17-9-7-11-4-5-12(18)13(19)10-11/h4-5,10,18-19H,6-9H2,1-3H3,(H,17,21). The van der Waals surface area contributed by atoms with Crippen molar-refractivity contribution < 1.29 is 24.5 Å². The summed E-state index contributed by atoms with van der Waals surface area (Å²) >= 11 is 0. The van der Waals surface area contributed by atoms with Gasteiger partial charge in [-0.1, -0.05) is 19.9 Å². The van der Waals surface area contributed by atoms with E-state index >= 15 is 0 Å². The van der Waals surface area contributed by atoms with E-state index in [1.165, 1.54) is 19.2 Å². The average molecular weight is 309 g/mol. The van der Waals surface area contributed by atoms with Crippen molar-refractivity contribution in [2.75, 3.05) is 13.7 Å². The molecule has 0 atom stereocenters. The van der Waals surface area contributed by atoms with Crippen LogP contribution in [0.15, 0.2) is 18.2 Å². The number of methoxy groups -OCH3 is 1. The highest BCUT2D eigenvalue weighted by Crippen LogP contribution is 2.25. The molecule has 0 fully saturated rings. The molecule has 0 aliphatic rings. The Hall–Kier alpha value is -2.24. The number of carbonyl (C=O) groups excluding carboxylic acids is 2. The summed E-state index contributed by atoms with van der Waals surface area (Å²) in [6.45, 7) is 3.96. The number of amides is 1. The lowest BCUT2D eigenvalue weighted by atomic mass is 9.86. The van der Waals surface area contributed by atoms with E-state index in [1.807, 2.05) is 0 Å². The number of benzene rings is 1. The fourth-order valence-electron chi connectivity index (χ4n) is 1.91. The van der Waals surface area contributed by atoms with Gasteiger partial charge in [-0.3, -0.25) is 9.59 Å². The van der Waals surface area contributed by atoms with Crippen LogP contribution in [0.4, 0.5) is 0 Å². The van der Waals surface area contributed by atoms with Crippen LogP contribution in [0.3, 0.4) is 0 Å². The lowest BCUT2D eigenvalue weighted by Crippen LogP contribution is -2.38. The van der Waals surface area contributed by atoms with Crippen LogP contribution in [0.1, 0.15) is 32.3 Å². The summed E-state index contributed by atoms with van der Waals surface area (Å²) in [6.07, 6.45) is 1.14. The largest absolute Gasteiger partial charge is 0.504 e. The van der Waals surface area contributed by atoms with Crippen molar-refractivity contribution in [1.82, 2.24) is 5.32 Å². The zero-order chi connectivity index (χ0) is 16.8. The van der Waals surface area contributed by atoms with Gasteiger partial charge in [0.2, 0.25) is 5.91 Å². The first-order chi connectivity index (χ1) is 10.3. The Balaban J connectivity index is 2.44. The summed E-state index contributed by atoms with van der Waals surface area (Å²) < 4.78 is 4.57. The number of phenols is 2. The summed E-state index contributed by atoms with van der Waals surface area (Å²) in [7, 11) is 1.32. The van der Waals surface area contributed by atoms with Crippen molar-refractivity contribution in [3.05, 3.63) is 23.8 Å². The maximum absolute atomic E-state index is 12.1. The van der Waals surface area contributed by atoms with Crippen LogP contribution in [0, 0.1) is 5.41 Å². The first kappa shape index (κ1) is 17.8. The molecule has 0 saturated carbocycles. The zero-order valence-corrected chi connectivity index (χ0v) is 13.2. The molecule has 0 radical (unpaired) electrons. The number of nitrogens with one attached hydrogen (secondary N) is 1. The van der Waals surface area contributed by atoms with Gasteiger partial charge >= 0.3 is 5.97 Å². The third-order valence-corrected chi connectivity index (χ3v) is 3.54. The Kier molecular flexibility index (Phi) is 6.22. The Morgan fingerprint density at radius 1 is 1.23 bits per heavy atom. The van der Waals surface area contributed by atoms with Crippen LogP contribution in [-0.4, -0.2) is 35.7 Å². The second-order valence-electron chi connectivity index (χ2n) is 5.79. The van der Waals surface area contributed by atoms with E-state index < -0.39 is 5.41 Å². The lowest BCUT2D eigenvalue weighted by molar-refractivity contribution is -0.141. The highest BCUT2D eigenvalue weighted by molar-refractivity contribution is 5.82. The van der Waals surface area contributed by atoms with Gasteiger partial charge < -0.3 is 20.3 Å².